The van der Waals surface area contributed by atoms with Gasteiger partial charge in [-0.05, 0) is 12.1 Å². The first-order chi connectivity index (χ1) is 8.98. The quantitative estimate of drug-likeness (QED) is 0.680. The summed E-state index contributed by atoms with van der Waals surface area (Å²) in [6.45, 7) is 0.532. The lowest BCUT2D eigenvalue weighted by Crippen LogP contribution is -2.35. The Morgan fingerprint density at radius 2 is 2.05 bits per heavy atom. The van der Waals surface area contributed by atoms with Gasteiger partial charge in [-0.15, -0.1) is 0 Å². The summed E-state index contributed by atoms with van der Waals surface area (Å²) in [5, 5.41) is 0. The average Bonchev–Trinajstić information content (AvgIpc) is 2.36. The number of nitrogens with one attached hydrogen (secondary N) is 2. The Morgan fingerprint density at radius 3 is 2.68 bits per heavy atom. The van der Waals surface area contributed by atoms with Crippen LogP contribution >= 0.6 is 0 Å². The first-order valence-corrected chi connectivity index (χ1v) is 6.77. The van der Waals surface area contributed by atoms with Crippen LogP contribution in [-0.4, -0.2) is 34.8 Å². The predicted octanol–water partition coefficient (Wildman–Crippen LogP) is 0.0368. The van der Waals surface area contributed by atoms with Gasteiger partial charge in [-0.1, -0.05) is 12.1 Å². The van der Waals surface area contributed by atoms with E-state index in [2.05, 4.69) is 9.46 Å². The van der Waals surface area contributed by atoms with Gasteiger partial charge in [0, 0.05) is 6.54 Å². The molecular weight excluding hydrogens is 274 g/mol. The molecule has 1 rings (SSSR count). The summed E-state index contributed by atoms with van der Waals surface area (Å²) < 4.78 is 36.5. The molecule has 0 aliphatic carbocycles. The van der Waals surface area contributed by atoms with Crippen LogP contribution in [0.2, 0.25) is 0 Å². The van der Waals surface area contributed by atoms with E-state index in [9.17, 15) is 13.2 Å². The molecule has 9 heteroatoms. The van der Waals surface area contributed by atoms with Crippen molar-refractivity contribution in [2.24, 2.45) is 5.73 Å². The third-order valence-corrected chi connectivity index (χ3v) is 2.83. The molecule has 0 saturated carbocycles. The highest BCUT2D eigenvalue weighted by Crippen LogP contribution is 2.24. The summed E-state index contributed by atoms with van der Waals surface area (Å²) >= 11 is 0. The van der Waals surface area contributed by atoms with Crippen LogP contribution in [-0.2, 0) is 14.9 Å². The fourth-order valence-corrected chi connectivity index (χ4v) is 1.98. The second kappa shape index (κ2) is 6.81. The van der Waals surface area contributed by atoms with Crippen LogP contribution in [0.1, 0.15) is 0 Å². The highest BCUT2D eigenvalue weighted by atomic mass is 32.2. The van der Waals surface area contributed by atoms with Crippen LogP contribution in [0.3, 0.4) is 0 Å². The van der Waals surface area contributed by atoms with E-state index < -0.39 is 16.3 Å². The van der Waals surface area contributed by atoms with Crippen LogP contribution in [0.4, 0.5) is 10.5 Å². The molecule has 0 fully saturated rings. The third kappa shape index (κ3) is 5.02. The van der Waals surface area contributed by atoms with Gasteiger partial charge in [0.1, 0.15) is 12.4 Å². The van der Waals surface area contributed by atoms with Crippen molar-refractivity contribution in [3.63, 3.8) is 0 Å². The number of amides is 1. The van der Waals surface area contributed by atoms with Crippen molar-refractivity contribution < 1.29 is 22.7 Å². The Balaban J connectivity index is 2.83. The molecule has 19 heavy (non-hydrogen) atoms. The summed E-state index contributed by atoms with van der Waals surface area (Å²) in [5.74, 6) is 0.309. The van der Waals surface area contributed by atoms with Gasteiger partial charge in [-0.25, -0.2) is 9.52 Å². The monoisotopic (exact) mass is 289 g/mol. The lowest BCUT2D eigenvalue weighted by molar-refractivity contribution is 0.177. The predicted molar refractivity (Wildman–Crippen MR) is 69.1 cm³/mol. The highest BCUT2D eigenvalue weighted by molar-refractivity contribution is 7.91. The molecule has 0 aliphatic heterocycles. The molecule has 0 aromatic heterocycles. The molecule has 4 N–H and O–H groups in total. The summed E-state index contributed by atoms with van der Waals surface area (Å²) in [4.78, 5) is 10.9. The Hall–Kier alpha value is -2.00. The standard InChI is InChI=1S/C10H15N3O5S/c1-17-10(14)13-19(15,16)12-8-4-2-3-5-9(8)18-7-6-11/h2-5,12H,6-7,11H2,1H3,(H,13,14). The number of ether oxygens (including phenoxy) is 2. The lowest BCUT2D eigenvalue weighted by atomic mass is 10.3. The number of methoxy groups -OCH3 is 1. The van der Waals surface area contributed by atoms with Crippen molar-refractivity contribution >= 4 is 22.0 Å². The summed E-state index contributed by atoms with van der Waals surface area (Å²) in [6.07, 6.45) is -1.09. The lowest BCUT2D eigenvalue weighted by Gasteiger charge is -2.13. The minimum Gasteiger partial charge on any atom is -0.490 e. The fourth-order valence-electron chi connectivity index (χ4n) is 1.17. The number of carbonyl (C=O) groups excluding carboxylic acids is 1. The Labute approximate surface area is 111 Å². The molecule has 0 heterocycles. The maximum Gasteiger partial charge on any atom is 0.422 e. The van der Waals surface area contributed by atoms with Crippen molar-refractivity contribution in [2.45, 2.75) is 0 Å². The van der Waals surface area contributed by atoms with Crippen molar-refractivity contribution in [1.29, 1.82) is 0 Å². The van der Waals surface area contributed by atoms with Crippen molar-refractivity contribution in [1.82, 2.24) is 4.72 Å². The van der Waals surface area contributed by atoms with Gasteiger partial charge in [0.2, 0.25) is 0 Å². The first kappa shape index (κ1) is 15.1. The molecule has 106 valence electrons. The zero-order chi connectivity index (χ0) is 14.3. The van der Waals surface area contributed by atoms with Gasteiger partial charge >= 0.3 is 16.3 Å². The molecule has 8 nitrogen and oxygen atoms in total. The van der Waals surface area contributed by atoms with Crippen LogP contribution in [0.5, 0.6) is 5.75 Å². The van der Waals surface area contributed by atoms with Crippen LogP contribution in [0.25, 0.3) is 0 Å². The van der Waals surface area contributed by atoms with Crippen LogP contribution in [0, 0.1) is 0 Å². The second-order valence-electron chi connectivity index (χ2n) is 3.33. The van der Waals surface area contributed by atoms with Gasteiger partial charge in [0.05, 0.1) is 12.8 Å². The molecule has 1 aromatic carbocycles. The van der Waals surface area contributed by atoms with Crippen molar-refractivity contribution in [3.05, 3.63) is 24.3 Å². The number of nitrogens with two attached hydrogens (primary N) is 1. The van der Waals surface area contributed by atoms with Gasteiger partial charge in [-0.3, -0.25) is 4.72 Å². The van der Waals surface area contributed by atoms with E-state index in [0.717, 1.165) is 7.11 Å². The summed E-state index contributed by atoms with van der Waals surface area (Å²) in [6, 6.07) is 6.36. The third-order valence-electron chi connectivity index (χ3n) is 1.91. The molecule has 0 atom stereocenters. The molecule has 0 unspecified atom stereocenters. The number of hydrogen-bond donors (Lipinski definition) is 3. The number of carbonyl (C=O) groups is 1. The minimum atomic E-state index is -4.08. The number of rotatable bonds is 6. The maximum atomic E-state index is 11.6. The van der Waals surface area contributed by atoms with E-state index in [-0.39, 0.29) is 12.3 Å². The molecule has 0 spiro atoms. The Bertz CT molecular complexity index is 532. The Morgan fingerprint density at radius 1 is 1.37 bits per heavy atom. The van der Waals surface area contributed by atoms with Crippen molar-refractivity contribution in [2.75, 3.05) is 25.0 Å². The number of benzene rings is 1. The van der Waals surface area contributed by atoms with E-state index in [0.29, 0.717) is 12.3 Å². The summed E-state index contributed by atoms with van der Waals surface area (Å²) in [5.41, 5.74) is 5.49. The van der Waals surface area contributed by atoms with Crippen LogP contribution < -0.4 is 19.9 Å². The molecule has 0 radical (unpaired) electrons. The highest BCUT2D eigenvalue weighted by Gasteiger charge is 2.16. The smallest absolute Gasteiger partial charge is 0.422 e. The molecule has 0 bridgehead atoms. The zero-order valence-corrected chi connectivity index (χ0v) is 11.1. The molecule has 1 amide bonds. The fraction of sp³-hybridized carbons (Fsp3) is 0.300. The van der Waals surface area contributed by atoms with Gasteiger partial charge < -0.3 is 15.2 Å². The Kier molecular flexibility index (Phi) is 5.39. The molecule has 0 saturated heterocycles. The van der Waals surface area contributed by atoms with Gasteiger partial charge in [0.15, 0.2) is 0 Å². The zero-order valence-electron chi connectivity index (χ0n) is 10.3. The second-order valence-corrected chi connectivity index (χ2v) is 4.75. The number of anilines is 1. The molecular formula is C10H15N3O5S. The SMILES string of the molecule is COC(=O)NS(=O)(=O)Nc1ccccc1OCCN. The average molecular weight is 289 g/mol. The summed E-state index contributed by atoms with van der Waals surface area (Å²) in [7, 11) is -3.02. The largest absolute Gasteiger partial charge is 0.490 e. The molecule has 0 aliphatic rings. The van der Waals surface area contributed by atoms with E-state index in [4.69, 9.17) is 10.5 Å². The van der Waals surface area contributed by atoms with E-state index in [1.54, 1.807) is 22.9 Å². The topological polar surface area (TPSA) is 120 Å². The number of hydrogen-bond acceptors (Lipinski definition) is 6. The van der Waals surface area contributed by atoms with Crippen LogP contribution in [0.15, 0.2) is 24.3 Å². The van der Waals surface area contributed by atoms with E-state index in [1.165, 1.54) is 6.07 Å². The van der Waals surface area contributed by atoms with E-state index in [1.807, 2.05) is 0 Å². The van der Waals surface area contributed by atoms with E-state index >= 15 is 0 Å². The molecule has 1 aromatic rings. The normalized spacial score (nSPS) is 10.6. The first-order valence-electron chi connectivity index (χ1n) is 5.29. The number of para-hydroxylation sites is 2. The van der Waals surface area contributed by atoms with Crippen molar-refractivity contribution in [3.8, 4) is 5.75 Å². The van der Waals surface area contributed by atoms with Gasteiger partial charge in [-0.2, -0.15) is 8.42 Å². The maximum absolute atomic E-state index is 11.6. The van der Waals surface area contributed by atoms with Gasteiger partial charge in [0.25, 0.3) is 0 Å². The minimum absolute atomic E-state index is 0.187.